The summed E-state index contributed by atoms with van der Waals surface area (Å²) >= 11 is 1.72. The van der Waals surface area contributed by atoms with Gasteiger partial charge in [0.25, 0.3) is 5.91 Å². The van der Waals surface area contributed by atoms with E-state index in [0.29, 0.717) is 29.9 Å². The third-order valence-corrected chi connectivity index (χ3v) is 8.87. The van der Waals surface area contributed by atoms with Crippen molar-refractivity contribution in [1.29, 1.82) is 0 Å². The molecule has 2 aromatic carbocycles. The van der Waals surface area contributed by atoms with Gasteiger partial charge in [-0.3, -0.25) is 9.59 Å². The first kappa shape index (κ1) is 24.1. The van der Waals surface area contributed by atoms with E-state index in [9.17, 15) is 18.0 Å². The van der Waals surface area contributed by atoms with Crippen LogP contribution in [-0.2, 0) is 27.8 Å². The molecule has 0 radical (unpaired) electrons. The normalized spacial score (nSPS) is 13.6. The van der Waals surface area contributed by atoms with Crippen molar-refractivity contribution in [1.82, 2.24) is 9.21 Å². The number of nitrogens with one attached hydrogen (secondary N) is 1. The van der Waals surface area contributed by atoms with E-state index in [2.05, 4.69) is 16.8 Å². The second-order valence-electron chi connectivity index (χ2n) is 8.45. The Balaban J connectivity index is 1.45. The van der Waals surface area contributed by atoms with Gasteiger partial charge in [0.05, 0.1) is 11.4 Å². The van der Waals surface area contributed by atoms with Gasteiger partial charge in [0.15, 0.2) is 0 Å². The number of fused-ring (bicyclic) bond motifs is 1. The zero-order valence-electron chi connectivity index (χ0n) is 19.4. The first-order valence-corrected chi connectivity index (χ1v) is 13.3. The Kier molecular flexibility index (Phi) is 6.88. The molecule has 0 atom stereocenters. The zero-order chi connectivity index (χ0) is 24.5. The van der Waals surface area contributed by atoms with Gasteiger partial charge in [0.1, 0.15) is 0 Å². The van der Waals surface area contributed by atoms with Crippen molar-refractivity contribution in [3.8, 4) is 0 Å². The number of thiophene rings is 1. The van der Waals surface area contributed by atoms with Gasteiger partial charge < -0.3 is 10.2 Å². The molecule has 1 aliphatic heterocycles. The van der Waals surface area contributed by atoms with Crippen molar-refractivity contribution in [2.45, 2.75) is 31.7 Å². The number of benzene rings is 2. The number of carbonyl (C=O) groups excluding carboxylic acids is 2. The lowest BCUT2D eigenvalue weighted by atomic mass is 10.0. The summed E-state index contributed by atoms with van der Waals surface area (Å²) in [6, 6.07) is 13.7. The average Bonchev–Trinajstić information content (AvgIpc) is 3.28. The predicted molar refractivity (Wildman–Crippen MR) is 134 cm³/mol. The Hall–Kier alpha value is -3.01. The Morgan fingerprint density at radius 1 is 1.09 bits per heavy atom. The fourth-order valence-electron chi connectivity index (χ4n) is 3.96. The van der Waals surface area contributed by atoms with E-state index < -0.39 is 15.9 Å². The Bertz CT molecular complexity index is 1330. The molecule has 2 heterocycles. The highest BCUT2D eigenvalue weighted by Gasteiger charge is 2.26. The first-order valence-electron chi connectivity index (χ1n) is 10.9. The lowest BCUT2D eigenvalue weighted by Crippen LogP contribution is -2.36. The van der Waals surface area contributed by atoms with Gasteiger partial charge in [-0.15, -0.1) is 11.3 Å². The maximum atomic E-state index is 13.2. The number of rotatable bonds is 6. The summed E-state index contributed by atoms with van der Waals surface area (Å²) in [4.78, 5) is 29.2. The predicted octanol–water partition coefficient (Wildman–Crippen LogP) is 3.82. The number of carbonyl (C=O) groups is 2. The van der Waals surface area contributed by atoms with Crippen LogP contribution in [0.1, 0.15) is 31.9 Å². The third-order valence-electron chi connectivity index (χ3n) is 6.03. The third kappa shape index (κ3) is 4.91. The molecule has 7 nitrogen and oxygen atoms in total. The summed E-state index contributed by atoms with van der Waals surface area (Å²) in [6.45, 7) is 4.55. The molecule has 0 unspecified atom stereocenters. The second-order valence-corrected chi connectivity index (χ2v) is 11.5. The summed E-state index contributed by atoms with van der Waals surface area (Å²) in [7, 11) is -2.42. The molecule has 0 saturated carbocycles. The lowest BCUT2D eigenvalue weighted by Gasteiger charge is -2.28. The summed E-state index contributed by atoms with van der Waals surface area (Å²) in [6.07, 6.45) is 0.843. The van der Waals surface area contributed by atoms with E-state index in [1.807, 2.05) is 11.8 Å². The highest BCUT2D eigenvalue weighted by molar-refractivity contribution is 7.89. The fourth-order valence-corrected chi connectivity index (χ4v) is 5.98. The summed E-state index contributed by atoms with van der Waals surface area (Å²) in [5.74, 6) is -0.559. The highest BCUT2D eigenvalue weighted by atomic mass is 32.2. The van der Waals surface area contributed by atoms with Crippen molar-refractivity contribution in [3.05, 3.63) is 81.0 Å². The molecule has 1 aromatic heterocycles. The quantitative estimate of drug-likeness (QED) is 0.561. The van der Waals surface area contributed by atoms with E-state index >= 15 is 0 Å². The topological polar surface area (TPSA) is 86.8 Å². The molecule has 0 bridgehead atoms. The summed E-state index contributed by atoms with van der Waals surface area (Å²) in [5.41, 5.74) is 3.80. The van der Waals surface area contributed by atoms with Gasteiger partial charge in [-0.05, 0) is 67.1 Å². The molecule has 0 saturated heterocycles. The van der Waals surface area contributed by atoms with Gasteiger partial charge in [-0.1, -0.05) is 23.8 Å². The van der Waals surface area contributed by atoms with Crippen LogP contribution >= 0.6 is 11.3 Å². The molecule has 3 aromatic rings. The van der Waals surface area contributed by atoms with E-state index in [1.165, 1.54) is 29.6 Å². The fraction of sp³-hybridized carbons (Fsp3) is 0.280. The van der Waals surface area contributed by atoms with Gasteiger partial charge >= 0.3 is 0 Å². The van der Waals surface area contributed by atoms with Gasteiger partial charge in [0, 0.05) is 36.3 Å². The van der Waals surface area contributed by atoms with Crippen molar-refractivity contribution in [2.75, 3.05) is 25.5 Å². The SMILES string of the molecule is Cc1ccc(S(=O)(=O)N(C)CC(=O)Nc2cccc(C(=O)N3CCc4sccc4C3)c2C)cc1. The number of sulfonamides is 1. The average molecular weight is 498 g/mol. The molecule has 1 aliphatic rings. The van der Waals surface area contributed by atoms with Crippen molar-refractivity contribution in [2.24, 2.45) is 0 Å². The second kappa shape index (κ2) is 9.69. The maximum absolute atomic E-state index is 13.2. The van der Waals surface area contributed by atoms with Crippen LogP contribution in [0, 0.1) is 13.8 Å². The van der Waals surface area contributed by atoms with E-state index in [4.69, 9.17) is 0 Å². The van der Waals surface area contributed by atoms with E-state index in [1.54, 1.807) is 48.6 Å². The molecule has 0 spiro atoms. The number of aryl methyl sites for hydroxylation is 1. The Morgan fingerprint density at radius 2 is 1.82 bits per heavy atom. The molecular weight excluding hydrogens is 470 g/mol. The Labute approximate surface area is 204 Å². The molecular formula is C25H27N3O4S2. The molecule has 1 N–H and O–H groups in total. The molecule has 2 amide bonds. The van der Waals surface area contributed by atoms with E-state index in [0.717, 1.165) is 16.3 Å². The summed E-state index contributed by atoms with van der Waals surface area (Å²) < 4.78 is 26.6. The number of amides is 2. The zero-order valence-corrected chi connectivity index (χ0v) is 21.0. The van der Waals surface area contributed by atoms with Crippen LogP contribution in [0.5, 0.6) is 0 Å². The van der Waals surface area contributed by atoms with Crippen molar-refractivity contribution in [3.63, 3.8) is 0 Å². The lowest BCUT2D eigenvalue weighted by molar-refractivity contribution is -0.116. The number of likely N-dealkylation sites (N-methyl/N-ethyl adjacent to an activating group) is 1. The highest BCUT2D eigenvalue weighted by Crippen LogP contribution is 2.27. The Morgan fingerprint density at radius 3 is 2.56 bits per heavy atom. The summed E-state index contributed by atoms with van der Waals surface area (Å²) in [5, 5.41) is 4.82. The first-order chi connectivity index (χ1) is 16.2. The minimum absolute atomic E-state index is 0.0792. The monoisotopic (exact) mass is 497 g/mol. The van der Waals surface area contributed by atoms with Crippen LogP contribution in [0.25, 0.3) is 0 Å². The number of hydrogen-bond donors (Lipinski definition) is 1. The molecule has 9 heteroatoms. The largest absolute Gasteiger partial charge is 0.334 e. The molecule has 4 rings (SSSR count). The molecule has 178 valence electrons. The number of anilines is 1. The maximum Gasteiger partial charge on any atom is 0.254 e. The van der Waals surface area contributed by atoms with Crippen molar-refractivity contribution < 1.29 is 18.0 Å². The number of hydrogen-bond acceptors (Lipinski definition) is 5. The van der Waals surface area contributed by atoms with Crippen LogP contribution in [0.2, 0.25) is 0 Å². The molecule has 0 aliphatic carbocycles. The van der Waals surface area contributed by atoms with E-state index in [-0.39, 0.29) is 17.3 Å². The van der Waals surface area contributed by atoms with Gasteiger partial charge in [-0.25, -0.2) is 8.42 Å². The smallest absolute Gasteiger partial charge is 0.254 e. The number of nitrogens with zero attached hydrogens (tertiary/aromatic N) is 2. The van der Waals surface area contributed by atoms with Crippen LogP contribution in [0.4, 0.5) is 5.69 Å². The minimum atomic E-state index is -3.80. The van der Waals surface area contributed by atoms with Crippen LogP contribution in [-0.4, -0.2) is 49.6 Å². The standard InChI is InChI=1S/C25H27N3O4S2/c1-17-7-9-20(10-8-17)34(31,32)27(3)16-24(29)26-22-6-4-5-21(18(22)2)25(30)28-13-11-23-19(15-28)12-14-33-23/h4-10,12,14H,11,13,15-16H2,1-3H3,(H,26,29). The van der Waals surface area contributed by atoms with Gasteiger partial charge in [0.2, 0.25) is 15.9 Å². The van der Waals surface area contributed by atoms with Crippen LogP contribution in [0.3, 0.4) is 0 Å². The van der Waals surface area contributed by atoms with Crippen LogP contribution in [0.15, 0.2) is 58.8 Å². The minimum Gasteiger partial charge on any atom is -0.334 e. The molecule has 0 fully saturated rings. The van der Waals surface area contributed by atoms with Crippen LogP contribution < -0.4 is 5.32 Å². The van der Waals surface area contributed by atoms with Gasteiger partial charge in [-0.2, -0.15) is 4.31 Å². The van der Waals surface area contributed by atoms with Crippen molar-refractivity contribution >= 4 is 38.9 Å². The molecule has 34 heavy (non-hydrogen) atoms.